The summed E-state index contributed by atoms with van der Waals surface area (Å²) >= 11 is 0. The molecule has 1 aromatic rings. The molecular formula is C13H19N3O2. The van der Waals surface area contributed by atoms with E-state index < -0.39 is 5.97 Å². The maximum absolute atomic E-state index is 11.3. The second-order valence-corrected chi connectivity index (χ2v) is 4.77. The van der Waals surface area contributed by atoms with Crippen molar-refractivity contribution in [2.45, 2.75) is 25.9 Å². The molecule has 2 heterocycles. The van der Waals surface area contributed by atoms with E-state index in [1.165, 1.54) is 7.11 Å². The van der Waals surface area contributed by atoms with E-state index in [9.17, 15) is 4.79 Å². The Balaban J connectivity index is 2.11. The van der Waals surface area contributed by atoms with Crippen LogP contribution in [0.2, 0.25) is 0 Å². The molecule has 2 rings (SSSR count). The molecule has 5 nitrogen and oxygen atoms in total. The lowest BCUT2D eigenvalue weighted by atomic mass is 10.1. The van der Waals surface area contributed by atoms with Crippen LogP contribution in [0.3, 0.4) is 0 Å². The zero-order chi connectivity index (χ0) is 13.1. The SMILES string of the molecule is COC(=O)c1ccc(N2C[C@@H](C)N[C@@H](C)C2)cn1. The van der Waals surface area contributed by atoms with Crippen molar-refractivity contribution in [2.24, 2.45) is 0 Å². The van der Waals surface area contributed by atoms with Crippen LogP contribution in [0.25, 0.3) is 0 Å². The number of pyridine rings is 1. The lowest BCUT2D eigenvalue weighted by Gasteiger charge is -2.37. The van der Waals surface area contributed by atoms with Gasteiger partial charge in [0.1, 0.15) is 5.69 Å². The number of aromatic nitrogens is 1. The van der Waals surface area contributed by atoms with Crippen LogP contribution < -0.4 is 10.2 Å². The first kappa shape index (κ1) is 12.8. The van der Waals surface area contributed by atoms with E-state index in [1.807, 2.05) is 6.07 Å². The van der Waals surface area contributed by atoms with Crippen LogP contribution in [0, 0.1) is 0 Å². The lowest BCUT2D eigenvalue weighted by molar-refractivity contribution is 0.0594. The third kappa shape index (κ3) is 2.79. The normalized spacial score (nSPS) is 23.8. The Morgan fingerprint density at radius 1 is 1.39 bits per heavy atom. The van der Waals surface area contributed by atoms with E-state index in [1.54, 1.807) is 12.3 Å². The first-order chi connectivity index (χ1) is 8.60. The molecule has 0 spiro atoms. The average molecular weight is 249 g/mol. The number of carbonyl (C=O) groups is 1. The fourth-order valence-corrected chi connectivity index (χ4v) is 2.34. The summed E-state index contributed by atoms with van der Waals surface area (Å²) in [6.07, 6.45) is 1.73. The van der Waals surface area contributed by atoms with Gasteiger partial charge in [0.2, 0.25) is 0 Å². The van der Waals surface area contributed by atoms with Gasteiger partial charge in [-0.2, -0.15) is 0 Å². The Labute approximate surface area is 107 Å². The van der Waals surface area contributed by atoms with E-state index >= 15 is 0 Å². The monoisotopic (exact) mass is 249 g/mol. The minimum atomic E-state index is -0.399. The molecule has 0 amide bonds. The maximum Gasteiger partial charge on any atom is 0.356 e. The predicted molar refractivity (Wildman–Crippen MR) is 69.8 cm³/mol. The van der Waals surface area contributed by atoms with Gasteiger partial charge in [-0.1, -0.05) is 0 Å². The number of hydrogen-bond donors (Lipinski definition) is 1. The van der Waals surface area contributed by atoms with Crippen molar-refractivity contribution in [2.75, 3.05) is 25.1 Å². The largest absolute Gasteiger partial charge is 0.464 e. The van der Waals surface area contributed by atoms with Gasteiger partial charge in [0, 0.05) is 25.2 Å². The smallest absolute Gasteiger partial charge is 0.356 e. The molecule has 0 aliphatic carbocycles. The molecule has 5 heteroatoms. The first-order valence-corrected chi connectivity index (χ1v) is 6.15. The molecule has 18 heavy (non-hydrogen) atoms. The standard InChI is InChI=1S/C13H19N3O2/c1-9-7-16(8-10(2)15-9)11-4-5-12(14-6-11)13(17)18-3/h4-6,9-10,15H,7-8H2,1-3H3/t9-,10+. The lowest BCUT2D eigenvalue weighted by Crippen LogP contribution is -2.54. The summed E-state index contributed by atoms with van der Waals surface area (Å²) in [7, 11) is 1.36. The molecule has 1 N–H and O–H groups in total. The van der Waals surface area contributed by atoms with Crippen LogP contribution in [0.1, 0.15) is 24.3 Å². The number of nitrogens with zero attached hydrogens (tertiary/aromatic N) is 2. The molecule has 1 fully saturated rings. The van der Waals surface area contributed by atoms with Crippen molar-refractivity contribution < 1.29 is 9.53 Å². The molecule has 0 saturated carbocycles. The van der Waals surface area contributed by atoms with Crippen molar-refractivity contribution in [3.63, 3.8) is 0 Å². The molecule has 1 aliphatic heterocycles. The fraction of sp³-hybridized carbons (Fsp3) is 0.538. The Kier molecular flexibility index (Phi) is 3.81. The van der Waals surface area contributed by atoms with Crippen molar-refractivity contribution in [1.82, 2.24) is 10.3 Å². The van der Waals surface area contributed by atoms with E-state index in [-0.39, 0.29) is 0 Å². The molecular weight excluding hydrogens is 230 g/mol. The molecule has 0 bridgehead atoms. The van der Waals surface area contributed by atoms with E-state index in [2.05, 4.69) is 33.8 Å². The van der Waals surface area contributed by atoms with E-state index in [4.69, 9.17) is 0 Å². The Hall–Kier alpha value is -1.62. The number of ether oxygens (including phenoxy) is 1. The highest BCUT2D eigenvalue weighted by Gasteiger charge is 2.21. The van der Waals surface area contributed by atoms with Gasteiger partial charge in [0.15, 0.2) is 0 Å². The third-order valence-electron chi connectivity index (χ3n) is 3.07. The van der Waals surface area contributed by atoms with Gasteiger partial charge in [-0.3, -0.25) is 0 Å². The minimum Gasteiger partial charge on any atom is -0.464 e. The summed E-state index contributed by atoms with van der Waals surface area (Å²) in [5.74, 6) is -0.399. The van der Waals surface area contributed by atoms with Crippen LogP contribution >= 0.6 is 0 Å². The topological polar surface area (TPSA) is 54.5 Å². The average Bonchev–Trinajstić information content (AvgIpc) is 2.37. The number of carbonyl (C=O) groups excluding carboxylic acids is 1. The van der Waals surface area contributed by atoms with Crippen LogP contribution in [0.5, 0.6) is 0 Å². The number of nitrogens with one attached hydrogen (secondary N) is 1. The quantitative estimate of drug-likeness (QED) is 0.794. The van der Waals surface area contributed by atoms with Gasteiger partial charge in [-0.25, -0.2) is 9.78 Å². The molecule has 0 unspecified atom stereocenters. The van der Waals surface area contributed by atoms with Crippen molar-refractivity contribution in [3.05, 3.63) is 24.0 Å². The number of rotatable bonds is 2. The molecule has 1 aromatic heterocycles. The highest BCUT2D eigenvalue weighted by molar-refractivity contribution is 5.87. The highest BCUT2D eigenvalue weighted by Crippen LogP contribution is 2.17. The number of piperazine rings is 1. The maximum atomic E-state index is 11.3. The first-order valence-electron chi connectivity index (χ1n) is 6.15. The van der Waals surface area contributed by atoms with Crippen molar-refractivity contribution in [1.29, 1.82) is 0 Å². The van der Waals surface area contributed by atoms with Gasteiger partial charge < -0.3 is 15.0 Å². The van der Waals surface area contributed by atoms with Crippen molar-refractivity contribution in [3.8, 4) is 0 Å². The van der Waals surface area contributed by atoms with Gasteiger partial charge in [-0.05, 0) is 26.0 Å². The van der Waals surface area contributed by atoms with Crippen LogP contribution in [-0.2, 0) is 4.74 Å². The van der Waals surface area contributed by atoms with Crippen LogP contribution in [-0.4, -0.2) is 43.2 Å². The molecule has 2 atom stereocenters. The van der Waals surface area contributed by atoms with Crippen LogP contribution in [0.15, 0.2) is 18.3 Å². The molecule has 0 radical (unpaired) electrons. The fourth-order valence-electron chi connectivity index (χ4n) is 2.34. The summed E-state index contributed by atoms with van der Waals surface area (Å²) in [6, 6.07) is 4.53. The number of esters is 1. The number of methoxy groups -OCH3 is 1. The van der Waals surface area contributed by atoms with Crippen molar-refractivity contribution >= 4 is 11.7 Å². The minimum absolute atomic E-state index is 0.345. The van der Waals surface area contributed by atoms with Gasteiger partial charge in [0.05, 0.1) is 19.0 Å². The predicted octanol–water partition coefficient (Wildman–Crippen LogP) is 1.05. The van der Waals surface area contributed by atoms with Crippen LogP contribution in [0.4, 0.5) is 5.69 Å². The summed E-state index contributed by atoms with van der Waals surface area (Å²) in [4.78, 5) is 17.7. The van der Waals surface area contributed by atoms with E-state index in [0.717, 1.165) is 18.8 Å². The second-order valence-electron chi connectivity index (χ2n) is 4.77. The number of hydrogen-bond acceptors (Lipinski definition) is 5. The van der Waals surface area contributed by atoms with E-state index in [0.29, 0.717) is 17.8 Å². The highest BCUT2D eigenvalue weighted by atomic mass is 16.5. The number of anilines is 1. The van der Waals surface area contributed by atoms with Gasteiger partial charge >= 0.3 is 5.97 Å². The molecule has 0 aromatic carbocycles. The Morgan fingerprint density at radius 3 is 2.56 bits per heavy atom. The van der Waals surface area contributed by atoms with Gasteiger partial charge in [-0.15, -0.1) is 0 Å². The second kappa shape index (κ2) is 5.35. The van der Waals surface area contributed by atoms with Gasteiger partial charge in [0.25, 0.3) is 0 Å². The summed E-state index contributed by atoms with van der Waals surface area (Å²) in [5.41, 5.74) is 1.39. The summed E-state index contributed by atoms with van der Waals surface area (Å²) in [5, 5.41) is 3.48. The third-order valence-corrected chi connectivity index (χ3v) is 3.07. The summed E-state index contributed by atoms with van der Waals surface area (Å²) < 4.78 is 4.63. The molecule has 1 saturated heterocycles. The zero-order valence-corrected chi connectivity index (χ0v) is 11.0. The Morgan fingerprint density at radius 2 is 2.06 bits per heavy atom. The summed E-state index contributed by atoms with van der Waals surface area (Å²) in [6.45, 7) is 6.23. The molecule has 98 valence electrons. The zero-order valence-electron chi connectivity index (χ0n) is 11.0. The Bertz CT molecular complexity index is 409. The molecule has 1 aliphatic rings.